The predicted octanol–water partition coefficient (Wildman–Crippen LogP) is 1.47. The van der Waals surface area contributed by atoms with Gasteiger partial charge in [-0.2, -0.15) is 5.10 Å². The van der Waals surface area contributed by atoms with Gasteiger partial charge in [0, 0.05) is 26.4 Å². The summed E-state index contributed by atoms with van der Waals surface area (Å²) in [7, 11) is 3.44. The third kappa shape index (κ3) is 4.10. The number of likely N-dealkylation sites (tertiary alicyclic amines) is 1. The van der Waals surface area contributed by atoms with E-state index in [-0.39, 0.29) is 23.9 Å². The Balaban J connectivity index is 1.51. The van der Waals surface area contributed by atoms with Gasteiger partial charge in [0.25, 0.3) is 5.91 Å². The van der Waals surface area contributed by atoms with Gasteiger partial charge in [0.05, 0.1) is 37.8 Å². The van der Waals surface area contributed by atoms with Crippen molar-refractivity contribution >= 4 is 5.91 Å². The van der Waals surface area contributed by atoms with Crippen molar-refractivity contribution in [1.29, 1.82) is 0 Å². The first-order valence-electron chi connectivity index (χ1n) is 9.40. The Morgan fingerprint density at radius 1 is 1.22 bits per heavy atom. The molecule has 0 bridgehead atoms. The van der Waals surface area contributed by atoms with Gasteiger partial charge in [-0.25, -0.2) is 9.97 Å². The number of carbonyl (C=O) groups is 1. The minimum Gasteiger partial charge on any atom is -0.494 e. The van der Waals surface area contributed by atoms with E-state index in [2.05, 4.69) is 15.1 Å². The summed E-state index contributed by atoms with van der Waals surface area (Å²) in [5, 5.41) is 4.25. The number of ether oxygens (including phenoxy) is 2. The highest BCUT2D eigenvalue weighted by Crippen LogP contribution is 2.32. The molecule has 0 N–H and O–H groups in total. The smallest absolute Gasteiger partial charge is 0.292 e. The SMILES string of the molecule is COc1cnc(C(=O)N2CC[C@@H](OCC3CC3)[C@@H]2Cc2cnn(C)c2)nc1. The predicted molar refractivity (Wildman–Crippen MR) is 97.4 cm³/mol. The van der Waals surface area contributed by atoms with Crippen molar-refractivity contribution in [3.63, 3.8) is 0 Å². The van der Waals surface area contributed by atoms with Crippen molar-refractivity contribution in [2.45, 2.75) is 37.8 Å². The van der Waals surface area contributed by atoms with Gasteiger partial charge in [0.1, 0.15) is 0 Å². The molecular weight excluding hydrogens is 346 g/mol. The van der Waals surface area contributed by atoms with Crippen LogP contribution in [0.5, 0.6) is 5.75 Å². The van der Waals surface area contributed by atoms with Crippen molar-refractivity contribution < 1.29 is 14.3 Å². The number of amides is 1. The second-order valence-electron chi connectivity index (χ2n) is 7.34. The molecule has 2 fully saturated rings. The van der Waals surface area contributed by atoms with Crippen molar-refractivity contribution in [1.82, 2.24) is 24.6 Å². The molecule has 2 atom stereocenters. The highest BCUT2D eigenvalue weighted by atomic mass is 16.5. The lowest BCUT2D eigenvalue weighted by Crippen LogP contribution is -2.42. The van der Waals surface area contributed by atoms with Crippen LogP contribution in [0.15, 0.2) is 24.8 Å². The first-order valence-corrected chi connectivity index (χ1v) is 9.40. The van der Waals surface area contributed by atoms with E-state index in [1.54, 1.807) is 11.8 Å². The Morgan fingerprint density at radius 2 is 2.00 bits per heavy atom. The molecule has 0 spiro atoms. The highest BCUT2D eigenvalue weighted by Gasteiger charge is 2.40. The topological polar surface area (TPSA) is 82.4 Å². The van der Waals surface area contributed by atoms with Crippen molar-refractivity contribution in [3.05, 3.63) is 36.2 Å². The lowest BCUT2D eigenvalue weighted by molar-refractivity contribution is 0.0197. The molecule has 3 heterocycles. The van der Waals surface area contributed by atoms with Gasteiger partial charge in [-0.05, 0) is 37.2 Å². The molecule has 144 valence electrons. The number of nitrogens with zero attached hydrogens (tertiary/aromatic N) is 5. The Morgan fingerprint density at radius 3 is 2.63 bits per heavy atom. The molecule has 2 aliphatic rings. The van der Waals surface area contributed by atoms with Crippen LogP contribution in [0, 0.1) is 5.92 Å². The highest BCUT2D eigenvalue weighted by molar-refractivity contribution is 5.91. The fourth-order valence-electron chi connectivity index (χ4n) is 3.54. The van der Waals surface area contributed by atoms with Crippen molar-refractivity contribution in [2.24, 2.45) is 13.0 Å². The Labute approximate surface area is 158 Å². The van der Waals surface area contributed by atoms with E-state index in [0.717, 1.165) is 18.6 Å². The minimum atomic E-state index is -0.163. The standard InChI is InChI=1S/C19H25N5O3/c1-23-11-14(8-22-23)7-16-17(27-12-13-3-4-13)5-6-24(16)19(25)18-20-9-15(26-2)10-21-18/h8-11,13,16-17H,3-7,12H2,1-2H3/t16-,17+/m0/s1. The molecule has 1 aliphatic heterocycles. The lowest BCUT2D eigenvalue weighted by atomic mass is 10.0. The number of rotatable bonds is 7. The van der Waals surface area contributed by atoms with Crippen LogP contribution in [0.3, 0.4) is 0 Å². The zero-order valence-electron chi connectivity index (χ0n) is 15.7. The molecule has 0 radical (unpaired) electrons. The summed E-state index contributed by atoms with van der Waals surface area (Å²) in [6.45, 7) is 1.43. The summed E-state index contributed by atoms with van der Waals surface area (Å²) >= 11 is 0. The zero-order valence-corrected chi connectivity index (χ0v) is 15.7. The summed E-state index contributed by atoms with van der Waals surface area (Å²) in [6.07, 6.45) is 11.0. The molecule has 1 saturated carbocycles. The molecule has 1 aliphatic carbocycles. The van der Waals surface area contributed by atoms with Crippen LogP contribution in [0.25, 0.3) is 0 Å². The van der Waals surface area contributed by atoms with Crippen LogP contribution in [0.2, 0.25) is 0 Å². The van der Waals surface area contributed by atoms with E-state index in [4.69, 9.17) is 9.47 Å². The number of hydrogen-bond acceptors (Lipinski definition) is 6. The number of hydrogen-bond donors (Lipinski definition) is 0. The van der Waals surface area contributed by atoms with Crippen LogP contribution < -0.4 is 4.74 Å². The summed E-state index contributed by atoms with van der Waals surface area (Å²) in [5.41, 5.74) is 1.10. The van der Waals surface area contributed by atoms with Crippen LogP contribution >= 0.6 is 0 Å². The van der Waals surface area contributed by atoms with Gasteiger partial charge in [0.15, 0.2) is 5.75 Å². The molecule has 27 heavy (non-hydrogen) atoms. The third-order valence-electron chi connectivity index (χ3n) is 5.25. The van der Waals surface area contributed by atoms with Gasteiger partial charge >= 0.3 is 0 Å². The van der Waals surface area contributed by atoms with E-state index in [1.165, 1.54) is 25.2 Å². The molecule has 1 saturated heterocycles. The van der Waals surface area contributed by atoms with Gasteiger partial charge in [-0.15, -0.1) is 0 Å². The molecule has 8 heteroatoms. The monoisotopic (exact) mass is 371 g/mol. The van der Waals surface area contributed by atoms with Crippen LogP contribution in [0.4, 0.5) is 0 Å². The normalized spacial score (nSPS) is 22.2. The average molecular weight is 371 g/mol. The molecule has 2 aromatic heterocycles. The maximum absolute atomic E-state index is 13.0. The second kappa shape index (κ2) is 7.64. The molecule has 4 rings (SSSR count). The van der Waals surface area contributed by atoms with Gasteiger partial charge in [-0.1, -0.05) is 0 Å². The first kappa shape index (κ1) is 17.9. The summed E-state index contributed by atoms with van der Waals surface area (Å²) in [4.78, 5) is 23.2. The number of aryl methyl sites for hydroxylation is 1. The Hall–Kier alpha value is -2.48. The minimum absolute atomic E-state index is 0.0352. The first-order chi connectivity index (χ1) is 13.1. The zero-order chi connectivity index (χ0) is 18.8. The van der Waals surface area contributed by atoms with Crippen molar-refractivity contribution in [2.75, 3.05) is 20.3 Å². The van der Waals surface area contributed by atoms with Crippen LogP contribution in [0.1, 0.15) is 35.4 Å². The fraction of sp³-hybridized carbons (Fsp3) is 0.579. The summed E-state index contributed by atoms with van der Waals surface area (Å²) in [6, 6.07) is -0.0360. The number of aromatic nitrogens is 4. The third-order valence-corrected chi connectivity index (χ3v) is 5.25. The van der Waals surface area contributed by atoms with E-state index in [1.807, 2.05) is 24.3 Å². The number of methoxy groups -OCH3 is 1. The summed E-state index contributed by atoms with van der Waals surface area (Å²) in [5.74, 6) is 1.25. The largest absolute Gasteiger partial charge is 0.494 e. The fourth-order valence-corrected chi connectivity index (χ4v) is 3.54. The molecule has 1 amide bonds. The van der Waals surface area contributed by atoms with E-state index in [9.17, 15) is 4.79 Å². The molecule has 2 aromatic rings. The van der Waals surface area contributed by atoms with Crippen LogP contribution in [-0.4, -0.2) is 63.0 Å². The second-order valence-corrected chi connectivity index (χ2v) is 7.34. The van der Waals surface area contributed by atoms with Gasteiger partial charge in [-0.3, -0.25) is 9.48 Å². The maximum Gasteiger partial charge on any atom is 0.292 e. The quantitative estimate of drug-likeness (QED) is 0.733. The maximum atomic E-state index is 13.0. The van der Waals surface area contributed by atoms with Gasteiger partial charge < -0.3 is 14.4 Å². The Kier molecular flexibility index (Phi) is 5.07. The van der Waals surface area contributed by atoms with E-state index in [0.29, 0.717) is 24.6 Å². The van der Waals surface area contributed by atoms with E-state index < -0.39 is 0 Å². The Bertz CT molecular complexity index is 787. The molecular formula is C19H25N5O3. The average Bonchev–Trinajstić information content (AvgIpc) is 3.31. The van der Waals surface area contributed by atoms with E-state index >= 15 is 0 Å². The molecule has 0 aromatic carbocycles. The molecule has 8 nitrogen and oxygen atoms in total. The van der Waals surface area contributed by atoms with Crippen molar-refractivity contribution in [3.8, 4) is 5.75 Å². The van der Waals surface area contributed by atoms with Gasteiger partial charge in [0.2, 0.25) is 5.82 Å². The molecule has 0 unspecified atom stereocenters. The van der Waals surface area contributed by atoms with Crippen LogP contribution in [-0.2, 0) is 18.2 Å². The summed E-state index contributed by atoms with van der Waals surface area (Å²) < 4.78 is 13.0. The number of carbonyl (C=O) groups excluding carboxylic acids is 1. The lowest BCUT2D eigenvalue weighted by Gasteiger charge is -2.27.